The molecular weight excluding hydrogens is 845 g/mol. The molecule has 3 aromatic heterocycles. The van der Waals surface area contributed by atoms with Crippen molar-refractivity contribution in [2.75, 3.05) is 63.8 Å². The predicted octanol–water partition coefficient (Wildman–Crippen LogP) is 4.55. The number of hydrogen-bond acceptors (Lipinski definition) is 18. The van der Waals surface area contributed by atoms with Crippen LogP contribution in [-0.2, 0) is 57.8 Å². The van der Waals surface area contributed by atoms with E-state index in [1.54, 1.807) is 37.3 Å². The molecule has 2 aliphatic rings. The molecule has 3 unspecified atom stereocenters. The number of amides is 2. The fourth-order valence-electron chi connectivity index (χ4n) is 7.06. The van der Waals surface area contributed by atoms with E-state index in [0.717, 1.165) is 92.9 Å². The number of carbonyl (C=O) groups excluding carboxylic acids is 5. The minimum atomic E-state index is -1.62. The zero-order valence-corrected chi connectivity index (χ0v) is 36.3. The summed E-state index contributed by atoms with van der Waals surface area (Å²) in [5.74, 6) is -2.20. The quantitative estimate of drug-likeness (QED) is 0.109. The van der Waals surface area contributed by atoms with Crippen LogP contribution in [0.4, 0.5) is 16.3 Å². The summed E-state index contributed by atoms with van der Waals surface area (Å²) in [5, 5.41) is 9.40. The SMILES string of the molecule is COC(=O)C1O[C@@H](OCC(C)(C)c2cc(NC(=O)Nc3ccc(-c4cn5c(n4)sc4cc(OCCN6CCOCC6)ccc45)cc3)no2)C(OC(C)=O)C(OC(C)=O)[C@@H]1OC(C)=O. The molecule has 63 heavy (non-hydrogen) atoms. The van der Waals surface area contributed by atoms with Crippen molar-refractivity contribution in [1.82, 2.24) is 19.4 Å². The van der Waals surface area contributed by atoms with Crippen molar-refractivity contribution < 1.29 is 66.4 Å². The molecule has 2 aromatic carbocycles. The van der Waals surface area contributed by atoms with Gasteiger partial charge in [0.25, 0.3) is 0 Å². The first-order chi connectivity index (χ1) is 30.2. The fourth-order valence-corrected chi connectivity index (χ4v) is 8.10. The predicted molar refractivity (Wildman–Crippen MR) is 224 cm³/mol. The molecular formula is C42H48N6O14S. The van der Waals surface area contributed by atoms with Crippen molar-refractivity contribution in [2.45, 2.75) is 70.7 Å². The average molecular weight is 893 g/mol. The molecule has 20 nitrogen and oxygen atoms in total. The summed E-state index contributed by atoms with van der Waals surface area (Å²) in [6.45, 7) is 11.4. The molecule has 2 fully saturated rings. The van der Waals surface area contributed by atoms with E-state index in [-0.39, 0.29) is 18.2 Å². The van der Waals surface area contributed by atoms with E-state index in [0.29, 0.717) is 12.3 Å². The van der Waals surface area contributed by atoms with Crippen LogP contribution in [0.1, 0.15) is 40.4 Å². The number of aromatic nitrogens is 3. The lowest BCUT2D eigenvalue weighted by atomic mass is 9.91. The van der Waals surface area contributed by atoms with E-state index in [4.69, 9.17) is 47.4 Å². The number of rotatable bonds is 15. The number of fused-ring (bicyclic) bond motifs is 3. The van der Waals surface area contributed by atoms with Gasteiger partial charge in [0.15, 0.2) is 41.5 Å². The number of esters is 4. The maximum atomic E-state index is 13.0. The number of hydrogen-bond donors (Lipinski definition) is 2. The molecule has 0 bridgehead atoms. The van der Waals surface area contributed by atoms with Crippen molar-refractivity contribution in [3.63, 3.8) is 0 Å². The zero-order valence-electron chi connectivity index (χ0n) is 35.4. The van der Waals surface area contributed by atoms with Crippen LogP contribution in [0.15, 0.2) is 59.3 Å². The van der Waals surface area contributed by atoms with E-state index in [1.807, 2.05) is 36.5 Å². The lowest BCUT2D eigenvalue weighted by Crippen LogP contribution is -2.64. The van der Waals surface area contributed by atoms with Gasteiger partial charge in [-0.1, -0.05) is 42.5 Å². The summed E-state index contributed by atoms with van der Waals surface area (Å²) in [5.41, 5.74) is 2.22. The van der Waals surface area contributed by atoms with E-state index >= 15 is 0 Å². The van der Waals surface area contributed by atoms with Crippen LogP contribution in [-0.4, -0.2) is 133 Å². The van der Waals surface area contributed by atoms with Gasteiger partial charge in [0.05, 0.1) is 42.8 Å². The highest BCUT2D eigenvalue weighted by Crippen LogP contribution is 2.34. The summed E-state index contributed by atoms with van der Waals surface area (Å²) < 4.78 is 53.0. The van der Waals surface area contributed by atoms with Crippen LogP contribution < -0.4 is 15.4 Å². The van der Waals surface area contributed by atoms with Gasteiger partial charge in [-0.2, -0.15) is 0 Å². The van der Waals surface area contributed by atoms with Crippen molar-refractivity contribution in [3.8, 4) is 17.0 Å². The van der Waals surface area contributed by atoms with Crippen molar-refractivity contribution in [2.24, 2.45) is 0 Å². The number of urea groups is 1. The normalized spacial score (nSPS) is 20.5. The number of thiazole rings is 1. The van der Waals surface area contributed by atoms with Crippen molar-refractivity contribution in [1.29, 1.82) is 0 Å². The summed E-state index contributed by atoms with van der Waals surface area (Å²) in [7, 11) is 1.09. The average Bonchev–Trinajstić information content (AvgIpc) is 3.97. The van der Waals surface area contributed by atoms with Gasteiger partial charge in [-0.25, -0.2) is 14.6 Å². The number of anilines is 2. The molecule has 0 spiro atoms. The van der Waals surface area contributed by atoms with E-state index in [9.17, 15) is 24.0 Å². The zero-order chi connectivity index (χ0) is 44.8. The molecule has 336 valence electrons. The van der Waals surface area contributed by atoms with Gasteiger partial charge in [0.2, 0.25) is 0 Å². The molecule has 2 amide bonds. The number of nitrogens with one attached hydrogen (secondary N) is 2. The molecule has 0 aliphatic carbocycles. The van der Waals surface area contributed by atoms with Crippen LogP contribution in [0.2, 0.25) is 0 Å². The molecule has 5 heterocycles. The van der Waals surface area contributed by atoms with Gasteiger partial charge in [0, 0.05) is 69.3 Å². The molecule has 2 saturated heterocycles. The first-order valence-corrected chi connectivity index (χ1v) is 20.9. The third-order valence-corrected chi connectivity index (χ3v) is 11.2. The Morgan fingerprint density at radius 1 is 0.889 bits per heavy atom. The summed E-state index contributed by atoms with van der Waals surface area (Å²) in [4.78, 5) is 70.1. The largest absolute Gasteiger partial charge is 0.492 e. The molecule has 5 atom stereocenters. The third-order valence-electron chi connectivity index (χ3n) is 10.1. The Kier molecular flexibility index (Phi) is 13.9. The Balaban J connectivity index is 0.947. The van der Waals surface area contributed by atoms with Crippen LogP contribution >= 0.6 is 11.3 Å². The Morgan fingerprint density at radius 2 is 1.59 bits per heavy atom. The first-order valence-electron chi connectivity index (χ1n) is 20.0. The summed E-state index contributed by atoms with van der Waals surface area (Å²) >= 11 is 1.58. The van der Waals surface area contributed by atoms with E-state index in [2.05, 4.69) is 25.1 Å². The molecule has 2 aliphatic heterocycles. The molecule has 0 radical (unpaired) electrons. The maximum absolute atomic E-state index is 13.0. The van der Waals surface area contributed by atoms with Crippen molar-refractivity contribution >= 4 is 67.9 Å². The van der Waals surface area contributed by atoms with Crippen LogP contribution in [0.3, 0.4) is 0 Å². The molecule has 7 rings (SSSR count). The molecule has 5 aromatic rings. The molecule has 21 heteroatoms. The number of imidazole rings is 1. The van der Waals surface area contributed by atoms with Crippen LogP contribution in [0, 0.1) is 0 Å². The number of nitrogens with zero attached hydrogens (tertiary/aromatic N) is 4. The second kappa shape index (κ2) is 19.5. The number of methoxy groups -OCH3 is 1. The maximum Gasteiger partial charge on any atom is 0.339 e. The number of carbonyl (C=O) groups is 5. The Bertz CT molecular complexity index is 2440. The van der Waals surface area contributed by atoms with E-state index < -0.39 is 66.0 Å². The number of benzene rings is 2. The second-order valence-corrected chi connectivity index (χ2v) is 16.4. The highest BCUT2D eigenvalue weighted by atomic mass is 32.1. The minimum absolute atomic E-state index is 0.0979. The van der Waals surface area contributed by atoms with Gasteiger partial charge < -0.3 is 47.7 Å². The van der Waals surface area contributed by atoms with Crippen molar-refractivity contribution in [3.05, 3.63) is 60.5 Å². The van der Waals surface area contributed by atoms with Gasteiger partial charge in [-0.15, -0.1) is 0 Å². The highest BCUT2D eigenvalue weighted by Gasteiger charge is 2.55. The first kappa shape index (κ1) is 44.9. The molecule has 0 saturated carbocycles. The number of morpholine rings is 1. The van der Waals surface area contributed by atoms with Gasteiger partial charge in [-0.05, 0) is 30.3 Å². The topological polar surface area (TPSA) is 230 Å². The Hall–Kier alpha value is -6.13. The summed E-state index contributed by atoms with van der Waals surface area (Å²) in [6, 6.07) is 14.2. The van der Waals surface area contributed by atoms with Crippen LogP contribution in [0.25, 0.3) is 26.4 Å². The minimum Gasteiger partial charge on any atom is -0.492 e. The second-order valence-electron chi connectivity index (χ2n) is 15.4. The fraction of sp³-hybridized carbons (Fsp3) is 0.452. The third kappa shape index (κ3) is 10.9. The molecule has 2 N–H and O–H groups in total. The van der Waals surface area contributed by atoms with Gasteiger partial charge >= 0.3 is 29.9 Å². The highest BCUT2D eigenvalue weighted by molar-refractivity contribution is 7.23. The number of ether oxygens (including phenoxy) is 8. The Labute approximate surface area is 364 Å². The summed E-state index contributed by atoms with van der Waals surface area (Å²) in [6.07, 6.45) is -5.66. The Morgan fingerprint density at radius 3 is 2.29 bits per heavy atom. The smallest absolute Gasteiger partial charge is 0.339 e. The monoisotopic (exact) mass is 892 g/mol. The van der Waals surface area contributed by atoms with Gasteiger partial charge in [0.1, 0.15) is 18.1 Å². The lowest BCUT2D eigenvalue weighted by molar-refractivity contribution is -0.303. The van der Waals surface area contributed by atoms with Gasteiger partial charge in [-0.3, -0.25) is 29.0 Å². The lowest BCUT2D eigenvalue weighted by Gasteiger charge is -2.43. The standard InChI is InChI=1S/C42H48N6O14S/c1-23(49)58-34-35(59-24(2)50)37(60-25(3)51)39(61-36(34)38(52)54-6)57-22-42(4,5)32-20-33(46-62-32)45-40(53)43-27-9-7-26(8-10-27)29-21-48-30-12-11-28(19-31(30)63-41(48)44-29)56-18-15-47-13-16-55-17-14-47/h7-12,19-21,34-37,39H,13-18,22H2,1-6H3,(H2,43,45,46,53)/t34-,35?,36?,37?,39+/m0/s1. The van der Waals surface area contributed by atoms with E-state index in [1.165, 1.54) is 6.07 Å². The van der Waals surface area contributed by atoms with Crippen LogP contribution in [0.5, 0.6) is 5.75 Å².